The van der Waals surface area contributed by atoms with Crippen molar-refractivity contribution in [2.45, 2.75) is 13.5 Å². The molecule has 1 saturated heterocycles. The first-order valence-corrected chi connectivity index (χ1v) is 8.70. The fourth-order valence-electron chi connectivity index (χ4n) is 2.43. The van der Waals surface area contributed by atoms with Gasteiger partial charge >= 0.3 is 6.03 Å². The number of hydrogen-bond donors (Lipinski definition) is 0. The first kappa shape index (κ1) is 17.8. The monoisotopic (exact) mass is 371 g/mol. The minimum atomic E-state index is -0.641. The molecule has 0 spiro atoms. The van der Waals surface area contributed by atoms with Crippen LogP contribution in [0.3, 0.4) is 0 Å². The van der Waals surface area contributed by atoms with Gasteiger partial charge < -0.3 is 4.74 Å². The SMILES string of the molecule is Cc1nc(COc2ccc(C=C3C(=O)N(C)C(=O)N(C)C3=O)cc2)cs1. The van der Waals surface area contributed by atoms with Gasteiger partial charge in [-0.1, -0.05) is 12.1 Å². The molecule has 1 aromatic carbocycles. The molecule has 0 atom stereocenters. The number of thiazole rings is 1. The average molecular weight is 371 g/mol. The number of rotatable bonds is 4. The molecule has 4 amide bonds. The van der Waals surface area contributed by atoms with Crippen molar-refractivity contribution < 1.29 is 19.1 Å². The van der Waals surface area contributed by atoms with Gasteiger partial charge in [0.05, 0.1) is 10.7 Å². The maximum absolute atomic E-state index is 12.2. The standard InChI is InChI=1S/C18H17N3O4S/c1-11-19-13(10-26-11)9-25-14-6-4-12(5-7-14)8-15-16(22)20(2)18(24)21(3)17(15)23/h4-8,10H,9H2,1-3H3. The fraction of sp³-hybridized carbons (Fsp3) is 0.222. The molecule has 1 aliphatic heterocycles. The number of carbonyl (C=O) groups is 3. The van der Waals surface area contributed by atoms with Crippen molar-refractivity contribution in [3.63, 3.8) is 0 Å². The van der Waals surface area contributed by atoms with Crippen molar-refractivity contribution in [1.82, 2.24) is 14.8 Å². The van der Waals surface area contributed by atoms with Crippen molar-refractivity contribution in [3.05, 3.63) is 51.5 Å². The van der Waals surface area contributed by atoms with Gasteiger partial charge in [0.15, 0.2) is 0 Å². The van der Waals surface area contributed by atoms with Crippen molar-refractivity contribution >= 4 is 35.3 Å². The van der Waals surface area contributed by atoms with Crippen LogP contribution in [0.25, 0.3) is 6.08 Å². The first-order valence-electron chi connectivity index (χ1n) is 7.82. The number of benzene rings is 1. The van der Waals surface area contributed by atoms with Crippen LogP contribution in [0.2, 0.25) is 0 Å². The number of hydrogen-bond acceptors (Lipinski definition) is 6. The van der Waals surface area contributed by atoms with Gasteiger partial charge in [0.1, 0.15) is 17.9 Å². The summed E-state index contributed by atoms with van der Waals surface area (Å²) in [5.74, 6) is -0.571. The van der Waals surface area contributed by atoms with Crippen molar-refractivity contribution in [3.8, 4) is 5.75 Å². The largest absolute Gasteiger partial charge is 0.487 e. The van der Waals surface area contributed by atoms with E-state index in [0.29, 0.717) is 17.9 Å². The predicted molar refractivity (Wildman–Crippen MR) is 96.5 cm³/mol. The number of carbonyl (C=O) groups excluding carboxylic acids is 3. The highest BCUT2D eigenvalue weighted by Crippen LogP contribution is 2.20. The van der Waals surface area contributed by atoms with E-state index in [-0.39, 0.29) is 5.57 Å². The summed E-state index contributed by atoms with van der Waals surface area (Å²) >= 11 is 1.57. The van der Waals surface area contributed by atoms with E-state index < -0.39 is 17.8 Å². The van der Waals surface area contributed by atoms with E-state index in [2.05, 4.69) is 4.98 Å². The molecule has 0 N–H and O–H groups in total. The highest BCUT2D eigenvalue weighted by atomic mass is 32.1. The Bertz CT molecular complexity index is 875. The normalized spacial score (nSPS) is 14.9. The highest BCUT2D eigenvalue weighted by molar-refractivity contribution is 7.09. The maximum atomic E-state index is 12.2. The number of imide groups is 2. The molecular formula is C18H17N3O4S. The smallest absolute Gasteiger partial charge is 0.333 e. The number of nitrogens with zero attached hydrogens (tertiary/aromatic N) is 3. The number of barbiturate groups is 1. The lowest BCUT2D eigenvalue weighted by atomic mass is 10.1. The quantitative estimate of drug-likeness (QED) is 0.609. The Labute approximate surface area is 154 Å². The van der Waals surface area contributed by atoms with Gasteiger partial charge in [-0.05, 0) is 30.7 Å². The molecule has 2 aromatic rings. The molecule has 2 heterocycles. The van der Waals surface area contributed by atoms with E-state index in [4.69, 9.17) is 4.74 Å². The molecule has 7 nitrogen and oxygen atoms in total. The zero-order valence-corrected chi connectivity index (χ0v) is 15.4. The van der Waals surface area contributed by atoms with Gasteiger partial charge in [-0.15, -0.1) is 11.3 Å². The van der Waals surface area contributed by atoms with Gasteiger partial charge in [-0.3, -0.25) is 19.4 Å². The van der Waals surface area contributed by atoms with Crippen molar-refractivity contribution in [1.29, 1.82) is 0 Å². The Morgan fingerprint density at radius 3 is 2.23 bits per heavy atom. The predicted octanol–water partition coefficient (Wildman–Crippen LogP) is 2.46. The zero-order chi connectivity index (χ0) is 18.8. The molecule has 0 unspecified atom stereocenters. The molecule has 0 aliphatic carbocycles. The molecule has 134 valence electrons. The zero-order valence-electron chi connectivity index (χ0n) is 14.6. The minimum Gasteiger partial charge on any atom is -0.487 e. The second kappa shape index (κ2) is 7.09. The fourth-order valence-corrected chi connectivity index (χ4v) is 3.03. The van der Waals surface area contributed by atoms with E-state index in [1.807, 2.05) is 12.3 Å². The summed E-state index contributed by atoms with van der Waals surface area (Å²) < 4.78 is 5.67. The number of likely N-dealkylation sites (N-methyl/N-ethyl adjacent to an activating group) is 2. The molecule has 1 aliphatic rings. The number of ether oxygens (including phenoxy) is 1. The van der Waals surface area contributed by atoms with Crippen LogP contribution in [-0.4, -0.2) is 46.7 Å². The number of aryl methyl sites for hydroxylation is 1. The Kier molecular flexibility index (Phi) is 4.85. The Morgan fingerprint density at radius 2 is 1.69 bits per heavy atom. The third-order valence-corrected chi connectivity index (χ3v) is 4.71. The lowest BCUT2D eigenvalue weighted by molar-refractivity contribution is -0.134. The Hall–Kier alpha value is -3.00. The Morgan fingerprint density at radius 1 is 1.08 bits per heavy atom. The second-order valence-electron chi connectivity index (χ2n) is 5.78. The highest BCUT2D eigenvalue weighted by Gasteiger charge is 2.37. The van der Waals surface area contributed by atoms with Crippen LogP contribution in [0.1, 0.15) is 16.3 Å². The summed E-state index contributed by atoms with van der Waals surface area (Å²) in [6.45, 7) is 2.31. The molecule has 0 radical (unpaired) electrons. The third-order valence-electron chi connectivity index (χ3n) is 3.89. The maximum Gasteiger partial charge on any atom is 0.333 e. The van der Waals surface area contributed by atoms with Crippen LogP contribution in [-0.2, 0) is 16.2 Å². The van der Waals surface area contributed by atoms with Crippen LogP contribution >= 0.6 is 11.3 Å². The molecule has 1 aromatic heterocycles. The van der Waals surface area contributed by atoms with Crippen LogP contribution in [0, 0.1) is 6.92 Å². The topological polar surface area (TPSA) is 79.8 Å². The molecule has 8 heteroatoms. The summed E-state index contributed by atoms with van der Waals surface area (Å²) in [6.07, 6.45) is 1.47. The minimum absolute atomic E-state index is 0.0544. The van der Waals surface area contributed by atoms with E-state index in [1.54, 1.807) is 35.6 Å². The molecule has 1 fully saturated rings. The average Bonchev–Trinajstić information content (AvgIpc) is 3.06. The van der Waals surface area contributed by atoms with Gasteiger partial charge in [0, 0.05) is 19.5 Å². The number of aromatic nitrogens is 1. The Balaban J connectivity index is 1.73. The van der Waals surface area contributed by atoms with Crippen molar-refractivity contribution in [2.75, 3.05) is 14.1 Å². The van der Waals surface area contributed by atoms with E-state index in [1.165, 1.54) is 20.2 Å². The summed E-state index contributed by atoms with van der Waals surface area (Å²) in [5.41, 5.74) is 1.48. The van der Waals surface area contributed by atoms with Gasteiger partial charge in [-0.25, -0.2) is 9.78 Å². The van der Waals surface area contributed by atoms with E-state index in [9.17, 15) is 14.4 Å². The lowest BCUT2D eigenvalue weighted by Crippen LogP contribution is -2.52. The third kappa shape index (κ3) is 3.50. The first-order chi connectivity index (χ1) is 12.4. The summed E-state index contributed by atoms with van der Waals surface area (Å²) in [7, 11) is 2.69. The van der Waals surface area contributed by atoms with Gasteiger partial charge in [-0.2, -0.15) is 0 Å². The summed E-state index contributed by atoms with van der Waals surface area (Å²) in [6, 6.07) is 6.35. The molecule has 0 saturated carbocycles. The van der Waals surface area contributed by atoms with E-state index in [0.717, 1.165) is 20.5 Å². The van der Waals surface area contributed by atoms with E-state index >= 15 is 0 Å². The summed E-state index contributed by atoms with van der Waals surface area (Å²) in [4.78, 5) is 42.3. The van der Waals surface area contributed by atoms with Crippen LogP contribution in [0.15, 0.2) is 35.2 Å². The summed E-state index contributed by atoms with van der Waals surface area (Å²) in [5, 5.41) is 2.93. The van der Waals surface area contributed by atoms with Crippen molar-refractivity contribution in [2.24, 2.45) is 0 Å². The molecule has 0 bridgehead atoms. The second-order valence-corrected chi connectivity index (χ2v) is 6.85. The number of urea groups is 1. The van der Waals surface area contributed by atoms with Gasteiger partial charge in [0.25, 0.3) is 11.8 Å². The van der Waals surface area contributed by atoms with Gasteiger partial charge in [0.2, 0.25) is 0 Å². The molecule has 26 heavy (non-hydrogen) atoms. The van der Waals surface area contributed by atoms with Crippen LogP contribution in [0.5, 0.6) is 5.75 Å². The van der Waals surface area contributed by atoms with Crippen LogP contribution < -0.4 is 4.74 Å². The molecule has 3 rings (SSSR count). The lowest BCUT2D eigenvalue weighted by Gasteiger charge is -2.28. The number of amides is 4. The van der Waals surface area contributed by atoms with Crippen LogP contribution in [0.4, 0.5) is 4.79 Å². The molecular weight excluding hydrogens is 354 g/mol.